The highest BCUT2D eigenvalue weighted by Gasteiger charge is 2.13. The number of nitrogens with zero attached hydrogens (tertiary/aromatic N) is 3. The first-order valence-electron chi connectivity index (χ1n) is 10.0. The van der Waals surface area contributed by atoms with Gasteiger partial charge in [-0.1, -0.05) is 12.1 Å². The van der Waals surface area contributed by atoms with Crippen molar-refractivity contribution in [3.63, 3.8) is 0 Å². The number of rotatable bonds is 5. The molecular formula is C23H21N5O2S. The zero-order chi connectivity index (χ0) is 21.2. The van der Waals surface area contributed by atoms with Crippen molar-refractivity contribution in [3.05, 3.63) is 65.7 Å². The van der Waals surface area contributed by atoms with Gasteiger partial charge in [-0.25, -0.2) is 9.97 Å². The molecule has 0 saturated carbocycles. The Labute approximate surface area is 183 Å². The number of morpholine rings is 1. The maximum Gasteiger partial charge on any atom is 0.248 e. The van der Waals surface area contributed by atoms with Crippen molar-refractivity contribution in [3.8, 4) is 11.1 Å². The van der Waals surface area contributed by atoms with Crippen LogP contribution in [0.2, 0.25) is 0 Å². The van der Waals surface area contributed by atoms with Crippen LogP contribution in [0.15, 0.2) is 60.1 Å². The van der Waals surface area contributed by atoms with E-state index in [0.29, 0.717) is 11.5 Å². The number of primary amides is 1. The Balaban J connectivity index is 1.40. The van der Waals surface area contributed by atoms with Crippen LogP contribution in [0.1, 0.15) is 10.4 Å². The van der Waals surface area contributed by atoms with Gasteiger partial charge in [-0.2, -0.15) is 0 Å². The van der Waals surface area contributed by atoms with E-state index in [0.717, 1.165) is 53.3 Å². The van der Waals surface area contributed by atoms with Crippen molar-refractivity contribution >= 4 is 44.8 Å². The second kappa shape index (κ2) is 8.33. The molecular weight excluding hydrogens is 410 g/mol. The van der Waals surface area contributed by atoms with Crippen LogP contribution < -0.4 is 16.0 Å². The van der Waals surface area contributed by atoms with Gasteiger partial charge in [0.2, 0.25) is 11.9 Å². The van der Waals surface area contributed by atoms with Crippen molar-refractivity contribution in [1.82, 2.24) is 9.97 Å². The van der Waals surface area contributed by atoms with E-state index in [-0.39, 0.29) is 0 Å². The molecule has 5 rings (SSSR count). The maximum atomic E-state index is 11.5. The fourth-order valence-electron chi connectivity index (χ4n) is 3.64. The van der Waals surface area contributed by atoms with Crippen LogP contribution in [-0.2, 0) is 4.74 Å². The molecule has 0 radical (unpaired) electrons. The summed E-state index contributed by atoms with van der Waals surface area (Å²) in [6.45, 7) is 3.34. The summed E-state index contributed by atoms with van der Waals surface area (Å²) in [6.07, 6.45) is 1.82. The summed E-state index contributed by atoms with van der Waals surface area (Å²) < 4.78 is 6.40. The number of hydrogen-bond acceptors (Lipinski definition) is 7. The molecule has 8 heteroatoms. The fourth-order valence-corrected chi connectivity index (χ4v) is 4.51. The minimum atomic E-state index is -0.445. The molecule has 31 heavy (non-hydrogen) atoms. The van der Waals surface area contributed by atoms with Gasteiger partial charge in [-0.15, -0.1) is 11.3 Å². The van der Waals surface area contributed by atoms with Crippen molar-refractivity contribution in [2.75, 3.05) is 36.5 Å². The van der Waals surface area contributed by atoms with Gasteiger partial charge in [0.1, 0.15) is 0 Å². The predicted molar refractivity (Wildman–Crippen MR) is 124 cm³/mol. The molecule has 1 amide bonds. The van der Waals surface area contributed by atoms with Crippen LogP contribution in [0.4, 0.5) is 17.3 Å². The van der Waals surface area contributed by atoms with E-state index in [1.807, 2.05) is 35.8 Å². The summed E-state index contributed by atoms with van der Waals surface area (Å²) in [6, 6.07) is 15.5. The van der Waals surface area contributed by atoms with Crippen LogP contribution in [0.25, 0.3) is 21.3 Å². The van der Waals surface area contributed by atoms with Crippen molar-refractivity contribution in [2.45, 2.75) is 0 Å². The second-order valence-corrected chi connectivity index (χ2v) is 8.18. The number of nitrogens with one attached hydrogen (secondary N) is 1. The topological polar surface area (TPSA) is 93.4 Å². The number of thiophene rings is 1. The molecule has 1 fully saturated rings. The number of benzene rings is 2. The van der Waals surface area contributed by atoms with Gasteiger partial charge in [0.05, 0.1) is 29.6 Å². The number of ether oxygens (including phenoxy) is 1. The summed E-state index contributed by atoms with van der Waals surface area (Å²) in [5, 5.41) is 5.32. The number of carbonyl (C=O) groups is 1. The van der Waals surface area contributed by atoms with Crippen LogP contribution in [0.5, 0.6) is 0 Å². The predicted octanol–water partition coefficient (Wildman–Crippen LogP) is 4.04. The summed E-state index contributed by atoms with van der Waals surface area (Å²) in [7, 11) is 0. The number of nitrogens with two attached hydrogens (primary N) is 1. The van der Waals surface area contributed by atoms with Crippen LogP contribution in [-0.4, -0.2) is 42.2 Å². The highest BCUT2D eigenvalue weighted by Crippen LogP contribution is 2.33. The Morgan fingerprint density at radius 2 is 1.94 bits per heavy atom. The smallest absolute Gasteiger partial charge is 0.248 e. The molecule has 2 aromatic heterocycles. The van der Waals surface area contributed by atoms with E-state index in [1.165, 1.54) is 5.69 Å². The summed E-state index contributed by atoms with van der Waals surface area (Å²) in [5.74, 6) is 0.0798. The van der Waals surface area contributed by atoms with E-state index >= 15 is 0 Å². The van der Waals surface area contributed by atoms with Gasteiger partial charge in [0.15, 0.2) is 0 Å². The molecule has 0 unspecified atom stereocenters. The van der Waals surface area contributed by atoms with Gasteiger partial charge in [0.25, 0.3) is 0 Å². The Hall–Kier alpha value is -3.49. The highest BCUT2D eigenvalue weighted by molar-refractivity contribution is 7.17. The van der Waals surface area contributed by atoms with Gasteiger partial charge in [-0.05, 0) is 42.0 Å². The lowest BCUT2D eigenvalue weighted by atomic mass is 10.0. The highest BCUT2D eigenvalue weighted by atomic mass is 32.1. The standard InChI is InChI=1S/C23H21N5O2S/c24-22(29)16-3-1-2-15(12-16)19-14-31-20-13-25-23(27-21(19)20)26-17-4-6-18(7-5-17)28-8-10-30-11-9-28/h1-7,12-14H,8-11H2,(H2,24,29)(H,25,26,27). The molecule has 0 bridgehead atoms. The SMILES string of the molecule is NC(=O)c1cccc(-c2csc3cnc(Nc4ccc(N5CCOCC5)cc4)nc23)c1. The van der Waals surface area contributed by atoms with Crippen molar-refractivity contribution in [1.29, 1.82) is 0 Å². The Morgan fingerprint density at radius 3 is 2.71 bits per heavy atom. The molecule has 7 nitrogen and oxygen atoms in total. The maximum absolute atomic E-state index is 11.5. The fraction of sp³-hybridized carbons (Fsp3) is 0.174. The van der Waals surface area contributed by atoms with E-state index < -0.39 is 5.91 Å². The number of fused-ring (bicyclic) bond motifs is 1. The molecule has 4 aromatic rings. The van der Waals surface area contributed by atoms with E-state index in [2.05, 4.69) is 27.3 Å². The molecule has 156 valence electrons. The average molecular weight is 432 g/mol. The minimum Gasteiger partial charge on any atom is -0.378 e. The average Bonchev–Trinajstić information content (AvgIpc) is 3.23. The van der Waals surface area contributed by atoms with Gasteiger partial charge in [-0.3, -0.25) is 4.79 Å². The molecule has 0 atom stereocenters. The Kier molecular flexibility index (Phi) is 5.23. The monoisotopic (exact) mass is 431 g/mol. The molecule has 0 aliphatic carbocycles. The number of carbonyl (C=O) groups excluding carboxylic acids is 1. The molecule has 3 heterocycles. The summed E-state index contributed by atoms with van der Waals surface area (Å²) >= 11 is 1.57. The van der Waals surface area contributed by atoms with E-state index in [1.54, 1.807) is 23.5 Å². The second-order valence-electron chi connectivity index (χ2n) is 7.27. The Bertz CT molecular complexity index is 1230. The number of amides is 1. The van der Waals surface area contributed by atoms with Crippen LogP contribution >= 0.6 is 11.3 Å². The van der Waals surface area contributed by atoms with E-state index in [9.17, 15) is 4.79 Å². The molecule has 3 N–H and O–H groups in total. The van der Waals surface area contributed by atoms with Gasteiger partial charge >= 0.3 is 0 Å². The first kappa shape index (κ1) is 19.5. The molecule has 0 spiro atoms. The number of hydrogen-bond donors (Lipinski definition) is 2. The third kappa shape index (κ3) is 4.08. The van der Waals surface area contributed by atoms with Gasteiger partial charge < -0.3 is 20.7 Å². The third-order valence-electron chi connectivity index (χ3n) is 5.27. The van der Waals surface area contributed by atoms with Crippen molar-refractivity contribution in [2.24, 2.45) is 5.73 Å². The lowest BCUT2D eigenvalue weighted by molar-refractivity contribution is 0.100. The zero-order valence-corrected chi connectivity index (χ0v) is 17.6. The first-order chi connectivity index (χ1) is 15.2. The summed E-state index contributed by atoms with van der Waals surface area (Å²) in [4.78, 5) is 23.1. The minimum absolute atomic E-state index is 0.445. The number of anilines is 3. The lowest BCUT2D eigenvalue weighted by Gasteiger charge is -2.28. The largest absolute Gasteiger partial charge is 0.378 e. The third-order valence-corrected chi connectivity index (χ3v) is 6.18. The van der Waals surface area contributed by atoms with Gasteiger partial charge in [0, 0.05) is 41.0 Å². The zero-order valence-electron chi connectivity index (χ0n) is 16.7. The van der Waals surface area contributed by atoms with E-state index in [4.69, 9.17) is 15.5 Å². The quantitative estimate of drug-likeness (QED) is 0.495. The summed E-state index contributed by atoms with van der Waals surface area (Å²) in [5.41, 5.74) is 10.7. The van der Waals surface area contributed by atoms with Crippen LogP contribution in [0, 0.1) is 0 Å². The number of aromatic nitrogens is 2. The molecule has 1 aliphatic heterocycles. The lowest BCUT2D eigenvalue weighted by Crippen LogP contribution is -2.36. The Morgan fingerprint density at radius 1 is 1.13 bits per heavy atom. The van der Waals surface area contributed by atoms with Crippen LogP contribution in [0.3, 0.4) is 0 Å². The van der Waals surface area contributed by atoms with Crippen molar-refractivity contribution < 1.29 is 9.53 Å². The molecule has 1 saturated heterocycles. The normalized spacial score (nSPS) is 14.0. The molecule has 2 aromatic carbocycles. The molecule has 1 aliphatic rings. The first-order valence-corrected chi connectivity index (χ1v) is 10.9.